The number of nitrogens with one attached hydrogen (secondary N) is 2. The maximum Gasteiger partial charge on any atom is 0.282 e. The van der Waals surface area contributed by atoms with Crippen LogP contribution in [0.1, 0.15) is 56.0 Å². The summed E-state index contributed by atoms with van der Waals surface area (Å²) in [6.07, 6.45) is 1.93. The molecule has 3 aromatic rings. The van der Waals surface area contributed by atoms with Crippen LogP contribution in [-0.4, -0.2) is 63.9 Å². The number of carbonyl (C=O) groups is 1. The number of alkyl halides is 4. The number of likely N-dealkylation sites (tertiary alicyclic amines) is 1. The third-order valence-electron chi connectivity index (χ3n) is 8.51. The zero-order valence-corrected chi connectivity index (χ0v) is 21.7. The lowest BCUT2D eigenvalue weighted by Crippen LogP contribution is -2.63. The Morgan fingerprint density at radius 3 is 2.40 bits per heavy atom. The van der Waals surface area contributed by atoms with Crippen molar-refractivity contribution in [2.24, 2.45) is 5.92 Å². The van der Waals surface area contributed by atoms with Crippen molar-refractivity contribution in [3.05, 3.63) is 53.7 Å². The predicted octanol–water partition coefficient (Wildman–Crippen LogP) is 5.60. The van der Waals surface area contributed by atoms with Crippen LogP contribution in [0.4, 0.5) is 27.8 Å². The van der Waals surface area contributed by atoms with Gasteiger partial charge in [0.1, 0.15) is 17.2 Å². The van der Waals surface area contributed by atoms with Crippen LogP contribution < -0.4 is 5.32 Å². The highest BCUT2D eigenvalue weighted by molar-refractivity contribution is 5.91. The summed E-state index contributed by atoms with van der Waals surface area (Å²) >= 11 is 0. The van der Waals surface area contributed by atoms with Gasteiger partial charge in [-0.3, -0.25) is 4.79 Å². The van der Waals surface area contributed by atoms with Crippen LogP contribution in [-0.2, 0) is 14.9 Å². The Morgan fingerprint density at radius 2 is 1.75 bits per heavy atom. The maximum atomic E-state index is 16.3. The van der Waals surface area contributed by atoms with Crippen LogP contribution in [0.2, 0.25) is 0 Å². The SMILES string of the molecule is O=C(N1CC(F)(F)C1)C1(c2ccc3[nH]c(C(Nc4ccccn4)C4CCC(F)(F)CC4)nc3c2F)CCOCC1. The lowest BCUT2D eigenvalue weighted by molar-refractivity contribution is -0.174. The first-order valence-electron chi connectivity index (χ1n) is 13.6. The molecule has 2 N–H and O–H groups in total. The number of anilines is 1. The second-order valence-electron chi connectivity index (χ2n) is 11.2. The quantitative estimate of drug-likeness (QED) is 0.382. The van der Waals surface area contributed by atoms with Gasteiger partial charge < -0.3 is 19.9 Å². The molecule has 1 aromatic carbocycles. The molecule has 214 valence electrons. The van der Waals surface area contributed by atoms with E-state index in [2.05, 4.69) is 20.3 Å². The van der Waals surface area contributed by atoms with Crippen molar-refractivity contribution >= 4 is 22.8 Å². The number of rotatable bonds is 6. The van der Waals surface area contributed by atoms with Gasteiger partial charge in [-0.2, -0.15) is 0 Å². The molecule has 1 saturated carbocycles. The van der Waals surface area contributed by atoms with E-state index in [-0.39, 0.29) is 68.7 Å². The maximum absolute atomic E-state index is 16.3. The van der Waals surface area contributed by atoms with E-state index in [9.17, 15) is 22.4 Å². The van der Waals surface area contributed by atoms with Crippen LogP contribution >= 0.6 is 0 Å². The van der Waals surface area contributed by atoms with Gasteiger partial charge in [0, 0.05) is 37.8 Å². The first-order valence-corrected chi connectivity index (χ1v) is 13.6. The number of fused-ring (bicyclic) bond motifs is 1. The standard InChI is InChI=1S/C28H30F5N5O2/c29-21-18(26(10-13-40-14-11-26)25(39)38-15-28(32,33)16-38)4-5-19-23(21)37-24(35-19)22(36-20-3-1-2-12-34-20)17-6-8-27(30,31)9-7-17/h1-5,12,17,22H,6-11,13-16H2,(H,34,36)(H,35,37). The van der Waals surface area contributed by atoms with Crippen LogP contribution in [0.5, 0.6) is 0 Å². The number of H-pyrrole nitrogens is 1. The summed E-state index contributed by atoms with van der Waals surface area (Å²) in [5.41, 5.74) is -0.843. The smallest absolute Gasteiger partial charge is 0.282 e. The fourth-order valence-electron chi connectivity index (χ4n) is 6.27. The predicted molar refractivity (Wildman–Crippen MR) is 137 cm³/mol. The molecule has 0 radical (unpaired) electrons. The molecule has 0 spiro atoms. The summed E-state index contributed by atoms with van der Waals surface area (Å²) in [4.78, 5) is 26.6. The molecule has 1 amide bonds. The Balaban J connectivity index is 1.37. The lowest BCUT2D eigenvalue weighted by Gasteiger charge is -2.46. The molecule has 1 atom stereocenters. The van der Waals surface area contributed by atoms with E-state index >= 15 is 4.39 Å². The lowest BCUT2D eigenvalue weighted by atomic mass is 9.72. The summed E-state index contributed by atoms with van der Waals surface area (Å²) in [6.45, 7) is -0.985. The van der Waals surface area contributed by atoms with Crippen LogP contribution in [0, 0.1) is 11.7 Å². The summed E-state index contributed by atoms with van der Waals surface area (Å²) in [5.74, 6) is -6.19. The van der Waals surface area contributed by atoms with Crippen LogP contribution in [0.25, 0.3) is 11.0 Å². The minimum absolute atomic E-state index is 0.00839. The molecule has 1 unspecified atom stereocenters. The molecule has 3 aliphatic rings. The van der Waals surface area contributed by atoms with E-state index in [0.717, 1.165) is 4.90 Å². The summed E-state index contributed by atoms with van der Waals surface area (Å²) in [5, 5.41) is 3.29. The largest absolute Gasteiger partial charge is 0.381 e. The van der Waals surface area contributed by atoms with Gasteiger partial charge in [-0.25, -0.2) is 31.9 Å². The third-order valence-corrected chi connectivity index (χ3v) is 8.51. The van der Waals surface area contributed by atoms with Gasteiger partial charge in [0.25, 0.3) is 5.92 Å². The molecular weight excluding hydrogens is 533 g/mol. The van der Waals surface area contributed by atoms with Crippen molar-refractivity contribution in [2.45, 2.75) is 61.8 Å². The topological polar surface area (TPSA) is 83.1 Å². The van der Waals surface area contributed by atoms with Gasteiger partial charge >= 0.3 is 0 Å². The number of imidazole rings is 1. The molecule has 6 rings (SSSR count). The minimum atomic E-state index is -2.94. The summed E-state index contributed by atoms with van der Waals surface area (Å²) in [6, 6.07) is 7.92. The number of benzene rings is 1. The Bertz CT molecular complexity index is 1370. The molecule has 2 aromatic heterocycles. The number of aromatic nitrogens is 3. The van der Waals surface area contributed by atoms with E-state index in [0.29, 0.717) is 17.2 Å². The third kappa shape index (κ3) is 4.90. The Kier molecular flexibility index (Phi) is 6.71. The molecule has 4 heterocycles. The van der Waals surface area contributed by atoms with Gasteiger partial charge in [-0.05, 0) is 49.8 Å². The van der Waals surface area contributed by atoms with E-state index in [1.54, 1.807) is 30.5 Å². The second-order valence-corrected chi connectivity index (χ2v) is 11.2. The minimum Gasteiger partial charge on any atom is -0.381 e. The normalized spacial score (nSPS) is 23.0. The van der Waals surface area contributed by atoms with E-state index in [4.69, 9.17) is 4.74 Å². The van der Waals surface area contributed by atoms with Gasteiger partial charge in [0.2, 0.25) is 11.8 Å². The average molecular weight is 564 g/mol. The number of nitrogens with zero attached hydrogens (tertiary/aromatic N) is 3. The van der Waals surface area contributed by atoms with Crippen molar-refractivity contribution in [1.29, 1.82) is 0 Å². The first kappa shape index (κ1) is 26.9. The Morgan fingerprint density at radius 1 is 1.02 bits per heavy atom. The van der Waals surface area contributed by atoms with Gasteiger partial charge in [0.05, 0.1) is 30.1 Å². The highest BCUT2D eigenvalue weighted by atomic mass is 19.3. The Hall–Kier alpha value is -3.28. The van der Waals surface area contributed by atoms with E-state index in [1.165, 1.54) is 6.07 Å². The molecule has 40 heavy (non-hydrogen) atoms. The van der Waals surface area contributed by atoms with Gasteiger partial charge in [-0.15, -0.1) is 0 Å². The van der Waals surface area contributed by atoms with Gasteiger partial charge in [-0.1, -0.05) is 12.1 Å². The monoisotopic (exact) mass is 563 g/mol. The first-order chi connectivity index (χ1) is 19.1. The number of hydrogen-bond donors (Lipinski definition) is 2. The Labute approximate surface area is 227 Å². The van der Waals surface area contributed by atoms with Crippen molar-refractivity contribution < 1.29 is 31.5 Å². The van der Waals surface area contributed by atoms with Crippen LogP contribution in [0.3, 0.4) is 0 Å². The number of halogens is 5. The zero-order chi connectivity index (χ0) is 28.1. The highest BCUT2D eigenvalue weighted by Crippen LogP contribution is 2.44. The molecule has 2 aliphatic heterocycles. The molecule has 3 fully saturated rings. The molecule has 0 bridgehead atoms. The van der Waals surface area contributed by atoms with Crippen LogP contribution in [0.15, 0.2) is 36.5 Å². The number of pyridine rings is 1. The zero-order valence-electron chi connectivity index (χ0n) is 21.7. The number of ether oxygens (including phenoxy) is 1. The fraction of sp³-hybridized carbons (Fsp3) is 0.536. The van der Waals surface area contributed by atoms with Crippen molar-refractivity contribution in [3.63, 3.8) is 0 Å². The van der Waals surface area contributed by atoms with Crippen molar-refractivity contribution in [3.8, 4) is 0 Å². The number of amides is 1. The summed E-state index contributed by atoms with van der Waals surface area (Å²) in [7, 11) is 0. The molecule has 7 nitrogen and oxygen atoms in total. The second kappa shape index (κ2) is 9.97. The van der Waals surface area contributed by atoms with Crippen molar-refractivity contribution in [1.82, 2.24) is 19.9 Å². The summed E-state index contributed by atoms with van der Waals surface area (Å²) < 4.78 is 76.8. The fourth-order valence-corrected chi connectivity index (χ4v) is 6.27. The number of carbonyl (C=O) groups excluding carboxylic acids is 1. The van der Waals surface area contributed by atoms with E-state index < -0.39 is 48.1 Å². The highest BCUT2D eigenvalue weighted by Gasteiger charge is 2.54. The van der Waals surface area contributed by atoms with Gasteiger partial charge in [0.15, 0.2) is 5.82 Å². The molecule has 2 saturated heterocycles. The molecule has 12 heteroatoms. The number of aromatic amines is 1. The average Bonchev–Trinajstić information content (AvgIpc) is 3.36. The molecular formula is C28H30F5N5O2. The number of hydrogen-bond acceptors (Lipinski definition) is 5. The van der Waals surface area contributed by atoms with E-state index in [1.807, 2.05) is 0 Å². The van der Waals surface area contributed by atoms with Crippen molar-refractivity contribution in [2.75, 3.05) is 31.6 Å². The molecule has 1 aliphatic carbocycles.